The highest BCUT2D eigenvalue weighted by molar-refractivity contribution is 5.99. The first-order chi connectivity index (χ1) is 16.6. The Balaban J connectivity index is 1.49. The van der Waals surface area contributed by atoms with E-state index in [1.54, 1.807) is 38.0 Å². The molecule has 0 fully saturated rings. The molecule has 8 nitrogen and oxygen atoms in total. The molecule has 6 rings (SSSR count). The summed E-state index contributed by atoms with van der Waals surface area (Å²) >= 11 is 0. The van der Waals surface area contributed by atoms with Crippen molar-refractivity contribution in [2.45, 2.75) is 0 Å². The van der Waals surface area contributed by atoms with Crippen molar-refractivity contribution in [1.29, 1.82) is 0 Å². The lowest BCUT2D eigenvalue weighted by atomic mass is 10.0. The number of phenols is 1. The predicted octanol–water partition coefficient (Wildman–Crippen LogP) is 5.08. The van der Waals surface area contributed by atoms with Gasteiger partial charge in [0.15, 0.2) is 5.65 Å². The summed E-state index contributed by atoms with van der Waals surface area (Å²) in [5, 5.41) is 18.9. The molecule has 0 unspecified atom stereocenters. The Morgan fingerprint density at radius 1 is 0.882 bits per heavy atom. The molecule has 9 heteroatoms. The quantitative estimate of drug-likeness (QED) is 0.344. The van der Waals surface area contributed by atoms with Crippen molar-refractivity contribution >= 4 is 22.1 Å². The molecule has 1 aromatic carbocycles. The van der Waals surface area contributed by atoms with Crippen molar-refractivity contribution < 1.29 is 14.2 Å². The van der Waals surface area contributed by atoms with Gasteiger partial charge in [0.1, 0.15) is 28.7 Å². The van der Waals surface area contributed by atoms with E-state index >= 15 is 0 Å². The molecule has 6 aromatic rings. The van der Waals surface area contributed by atoms with Crippen molar-refractivity contribution in [2.75, 3.05) is 7.11 Å². The van der Waals surface area contributed by atoms with Gasteiger partial charge >= 0.3 is 0 Å². The summed E-state index contributed by atoms with van der Waals surface area (Å²) in [6.07, 6.45) is 6.78. The van der Waals surface area contributed by atoms with Gasteiger partial charge in [-0.25, -0.2) is 14.4 Å². The third-order valence-electron chi connectivity index (χ3n) is 5.68. The first-order valence-electron chi connectivity index (χ1n) is 10.4. The number of aromatic hydroxyl groups is 1. The van der Waals surface area contributed by atoms with Crippen molar-refractivity contribution in [3.05, 3.63) is 73.1 Å². The SMILES string of the molecule is COc1cncc(-c2cnc3[nH]nc(-c4cc5c(-c6cc(O)cc(F)c6)ccnc5[nH]4)c3c2)c1. The number of ether oxygens (including phenoxy) is 1. The molecular weight excluding hydrogens is 435 g/mol. The van der Waals surface area contributed by atoms with E-state index in [9.17, 15) is 9.50 Å². The highest BCUT2D eigenvalue weighted by atomic mass is 19.1. The van der Waals surface area contributed by atoms with Gasteiger partial charge in [-0.2, -0.15) is 5.10 Å². The topological polar surface area (TPSA) is 113 Å². The number of nitrogens with zero attached hydrogens (tertiary/aromatic N) is 4. The molecule has 5 aromatic heterocycles. The maximum absolute atomic E-state index is 13.9. The Hall–Kier alpha value is -4.79. The van der Waals surface area contributed by atoms with Crippen LogP contribution in [0.25, 0.3) is 55.7 Å². The van der Waals surface area contributed by atoms with Crippen LogP contribution in [0.15, 0.2) is 67.3 Å². The maximum atomic E-state index is 13.9. The Labute approximate surface area is 192 Å². The normalized spacial score (nSPS) is 11.4. The largest absolute Gasteiger partial charge is 0.508 e. The molecule has 166 valence electrons. The van der Waals surface area contributed by atoms with Crippen molar-refractivity contribution in [3.63, 3.8) is 0 Å². The molecule has 0 spiro atoms. The van der Waals surface area contributed by atoms with Crippen molar-refractivity contribution in [2.24, 2.45) is 0 Å². The number of halogens is 1. The number of nitrogens with one attached hydrogen (secondary N) is 2. The van der Waals surface area contributed by atoms with Crippen LogP contribution in [0.2, 0.25) is 0 Å². The smallest absolute Gasteiger partial charge is 0.155 e. The van der Waals surface area contributed by atoms with Gasteiger partial charge in [-0.1, -0.05) is 0 Å². The average molecular weight is 452 g/mol. The number of rotatable bonds is 4. The van der Waals surface area contributed by atoms with Gasteiger partial charge in [0.2, 0.25) is 0 Å². The molecule has 0 radical (unpaired) electrons. The fraction of sp³-hybridized carbons (Fsp3) is 0.0400. The van der Waals surface area contributed by atoms with Gasteiger partial charge in [-0.15, -0.1) is 0 Å². The second-order valence-electron chi connectivity index (χ2n) is 7.81. The summed E-state index contributed by atoms with van der Waals surface area (Å²) in [6.45, 7) is 0. The lowest BCUT2D eigenvalue weighted by Gasteiger charge is -2.04. The molecule has 0 aliphatic heterocycles. The standard InChI is InChI=1S/C25H17FN6O2/c1-34-18-6-14(10-27-12-18)15-7-21-23(31-32-25(21)29-11-15)22-9-20-19(2-3-28-24(20)30-22)13-4-16(26)8-17(33)5-13/h2-12,33H,1H3,(H,28,30)(H,29,31,32). The van der Waals surface area contributed by atoms with E-state index in [-0.39, 0.29) is 5.75 Å². The van der Waals surface area contributed by atoms with E-state index in [2.05, 4.69) is 30.1 Å². The number of benzene rings is 1. The number of aromatic nitrogens is 6. The predicted molar refractivity (Wildman–Crippen MR) is 126 cm³/mol. The second kappa shape index (κ2) is 7.66. The first-order valence-corrected chi connectivity index (χ1v) is 10.4. The molecule has 5 heterocycles. The van der Waals surface area contributed by atoms with Gasteiger partial charge in [0.05, 0.1) is 19.0 Å². The lowest BCUT2D eigenvalue weighted by molar-refractivity contribution is 0.413. The van der Waals surface area contributed by atoms with Crippen LogP contribution >= 0.6 is 0 Å². The van der Waals surface area contributed by atoms with Crippen LogP contribution in [0.4, 0.5) is 4.39 Å². The number of H-pyrrole nitrogens is 2. The van der Waals surface area contributed by atoms with Crippen molar-refractivity contribution in [3.8, 4) is 45.1 Å². The molecule has 0 saturated carbocycles. The first kappa shape index (κ1) is 19.9. The zero-order chi connectivity index (χ0) is 23.2. The number of methoxy groups -OCH3 is 1. The summed E-state index contributed by atoms with van der Waals surface area (Å²) in [6, 6.07) is 11.5. The summed E-state index contributed by atoms with van der Waals surface area (Å²) in [5.41, 5.74) is 5.68. The third kappa shape index (κ3) is 3.30. The Kier molecular flexibility index (Phi) is 4.48. The van der Waals surface area contributed by atoms with E-state index in [4.69, 9.17) is 4.74 Å². The van der Waals surface area contributed by atoms with Crippen LogP contribution in [0.5, 0.6) is 11.5 Å². The highest BCUT2D eigenvalue weighted by Crippen LogP contribution is 2.35. The number of hydrogen-bond donors (Lipinski definition) is 3. The summed E-state index contributed by atoms with van der Waals surface area (Å²) in [4.78, 5) is 16.5. The minimum Gasteiger partial charge on any atom is -0.508 e. The van der Waals surface area contributed by atoms with E-state index in [1.807, 2.05) is 18.2 Å². The molecular formula is C25H17FN6O2. The Bertz CT molecular complexity index is 1670. The minimum absolute atomic E-state index is 0.139. The molecule has 3 N–H and O–H groups in total. The van der Waals surface area contributed by atoms with Gasteiger partial charge in [-0.3, -0.25) is 10.1 Å². The molecule has 0 aliphatic carbocycles. The van der Waals surface area contributed by atoms with E-state index in [0.29, 0.717) is 28.3 Å². The molecule has 0 saturated heterocycles. The lowest BCUT2D eigenvalue weighted by Crippen LogP contribution is -1.87. The van der Waals surface area contributed by atoms with Gasteiger partial charge in [-0.05, 0) is 47.5 Å². The summed E-state index contributed by atoms with van der Waals surface area (Å²) < 4.78 is 19.2. The monoisotopic (exact) mass is 452 g/mol. The zero-order valence-electron chi connectivity index (χ0n) is 17.9. The second-order valence-corrected chi connectivity index (χ2v) is 7.81. The molecule has 0 atom stereocenters. The summed E-state index contributed by atoms with van der Waals surface area (Å²) in [7, 11) is 1.60. The van der Waals surface area contributed by atoms with E-state index in [0.717, 1.165) is 39.2 Å². The number of fused-ring (bicyclic) bond motifs is 2. The van der Waals surface area contributed by atoms with Crippen molar-refractivity contribution in [1.82, 2.24) is 30.1 Å². The zero-order valence-corrected chi connectivity index (χ0v) is 17.9. The van der Waals surface area contributed by atoms with Crippen LogP contribution in [0, 0.1) is 5.82 Å². The number of aromatic amines is 2. The average Bonchev–Trinajstić information content (AvgIpc) is 3.46. The van der Waals surface area contributed by atoms with E-state index < -0.39 is 5.82 Å². The third-order valence-corrected chi connectivity index (χ3v) is 5.68. The van der Waals surface area contributed by atoms with Crippen LogP contribution in [0.3, 0.4) is 0 Å². The molecule has 0 aliphatic rings. The van der Waals surface area contributed by atoms with E-state index in [1.165, 1.54) is 12.1 Å². The number of phenolic OH excluding ortho intramolecular Hbond substituents is 1. The minimum atomic E-state index is -0.514. The maximum Gasteiger partial charge on any atom is 0.155 e. The number of hydrogen-bond acceptors (Lipinski definition) is 6. The van der Waals surface area contributed by atoms with Crippen LogP contribution < -0.4 is 4.74 Å². The summed E-state index contributed by atoms with van der Waals surface area (Å²) in [5.74, 6) is 0.00178. The Morgan fingerprint density at radius 2 is 1.76 bits per heavy atom. The van der Waals surface area contributed by atoms with Gasteiger partial charge in [0.25, 0.3) is 0 Å². The molecule has 0 amide bonds. The van der Waals surface area contributed by atoms with Crippen LogP contribution in [0.1, 0.15) is 0 Å². The number of pyridine rings is 3. The fourth-order valence-electron chi connectivity index (χ4n) is 4.09. The van der Waals surface area contributed by atoms with Gasteiger partial charge < -0.3 is 14.8 Å². The van der Waals surface area contributed by atoms with Crippen LogP contribution in [-0.2, 0) is 0 Å². The molecule has 0 bridgehead atoms. The van der Waals surface area contributed by atoms with Crippen LogP contribution in [-0.4, -0.2) is 42.3 Å². The molecule has 34 heavy (non-hydrogen) atoms. The van der Waals surface area contributed by atoms with Gasteiger partial charge in [0, 0.05) is 46.6 Å². The Morgan fingerprint density at radius 3 is 2.62 bits per heavy atom. The highest BCUT2D eigenvalue weighted by Gasteiger charge is 2.16. The fourth-order valence-corrected chi connectivity index (χ4v) is 4.09.